The molecule has 1 atom stereocenters. The average molecular weight is 288 g/mol. The van der Waals surface area contributed by atoms with Gasteiger partial charge in [-0.15, -0.1) is 0 Å². The molecule has 0 radical (unpaired) electrons. The number of nitrogen functional groups attached to an aromatic ring is 1. The highest BCUT2D eigenvalue weighted by atomic mass is 32.2. The first-order chi connectivity index (χ1) is 9.56. The van der Waals surface area contributed by atoms with Crippen LogP contribution in [0, 0.1) is 6.92 Å². The van der Waals surface area contributed by atoms with Crippen molar-refractivity contribution in [2.24, 2.45) is 0 Å². The first kappa shape index (κ1) is 14.3. The van der Waals surface area contributed by atoms with Crippen molar-refractivity contribution in [3.05, 3.63) is 42.2 Å². The van der Waals surface area contributed by atoms with Crippen molar-refractivity contribution < 1.29 is 4.79 Å². The van der Waals surface area contributed by atoms with Crippen molar-refractivity contribution >= 4 is 29.0 Å². The molecule has 1 unspecified atom stereocenters. The molecule has 1 aromatic heterocycles. The molecule has 0 aliphatic heterocycles. The van der Waals surface area contributed by atoms with Gasteiger partial charge < -0.3 is 11.1 Å². The summed E-state index contributed by atoms with van der Waals surface area (Å²) in [7, 11) is 0. The third-order valence-electron chi connectivity index (χ3n) is 2.71. The van der Waals surface area contributed by atoms with Gasteiger partial charge in [0, 0.05) is 23.8 Å². The lowest BCUT2D eigenvalue weighted by Gasteiger charge is -2.13. The monoisotopic (exact) mass is 288 g/mol. The second kappa shape index (κ2) is 6.38. The predicted octanol–water partition coefficient (Wildman–Crippen LogP) is 2.49. The SMILES string of the molecule is Cc1ccc(N)cc1NC(=O)C(C)Sc1ncccn1. The van der Waals surface area contributed by atoms with E-state index in [4.69, 9.17) is 5.73 Å². The third kappa shape index (κ3) is 3.71. The summed E-state index contributed by atoms with van der Waals surface area (Å²) in [6.07, 6.45) is 3.31. The number of amides is 1. The van der Waals surface area contributed by atoms with Gasteiger partial charge in [0.15, 0.2) is 5.16 Å². The molecule has 0 fully saturated rings. The molecular weight excluding hydrogens is 272 g/mol. The summed E-state index contributed by atoms with van der Waals surface area (Å²) in [5, 5.41) is 3.17. The fourth-order valence-corrected chi connectivity index (χ4v) is 2.29. The zero-order valence-electron chi connectivity index (χ0n) is 11.3. The zero-order valence-corrected chi connectivity index (χ0v) is 12.1. The van der Waals surface area contributed by atoms with Crippen LogP contribution < -0.4 is 11.1 Å². The van der Waals surface area contributed by atoms with Gasteiger partial charge in [-0.25, -0.2) is 9.97 Å². The Labute approximate surface area is 122 Å². The molecule has 2 aromatic rings. The summed E-state index contributed by atoms with van der Waals surface area (Å²) in [5.74, 6) is -0.101. The van der Waals surface area contributed by atoms with Crippen molar-refractivity contribution in [3.8, 4) is 0 Å². The van der Waals surface area contributed by atoms with Gasteiger partial charge in [0.2, 0.25) is 5.91 Å². The topological polar surface area (TPSA) is 80.9 Å². The molecule has 6 heteroatoms. The van der Waals surface area contributed by atoms with E-state index < -0.39 is 0 Å². The van der Waals surface area contributed by atoms with Crippen LogP contribution >= 0.6 is 11.8 Å². The van der Waals surface area contributed by atoms with Crippen LogP contribution in [0.25, 0.3) is 0 Å². The fourth-order valence-electron chi connectivity index (χ4n) is 1.57. The van der Waals surface area contributed by atoms with Crippen molar-refractivity contribution in [1.82, 2.24) is 9.97 Å². The van der Waals surface area contributed by atoms with Gasteiger partial charge in [-0.05, 0) is 37.6 Å². The Morgan fingerprint density at radius 2 is 2.05 bits per heavy atom. The van der Waals surface area contributed by atoms with Gasteiger partial charge in [-0.1, -0.05) is 17.8 Å². The normalized spacial score (nSPS) is 11.9. The Hall–Kier alpha value is -2.08. The molecule has 2 rings (SSSR count). The van der Waals surface area contributed by atoms with Gasteiger partial charge in [0.1, 0.15) is 0 Å². The summed E-state index contributed by atoms with van der Waals surface area (Å²) in [4.78, 5) is 20.3. The Morgan fingerprint density at radius 1 is 1.35 bits per heavy atom. The van der Waals surface area contributed by atoms with Gasteiger partial charge in [-0.3, -0.25) is 4.79 Å². The molecule has 1 amide bonds. The van der Waals surface area contributed by atoms with Crippen LogP contribution in [-0.4, -0.2) is 21.1 Å². The molecule has 0 aliphatic rings. The fraction of sp³-hybridized carbons (Fsp3) is 0.214. The number of nitrogens with one attached hydrogen (secondary N) is 1. The molecule has 1 heterocycles. The van der Waals surface area contributed by atoms with Crippen LogP contribution in [0.2, 0.25) is 0 Å². The lowest BCUT2D eigenvalue weighted by molar-refractivity contribution is -0.115. The van der Waals surface area contributed by atoms with E-state index in [0.29, 0.717) is 10.8 Å². The summed E-state index contributed by atoms with van der Waals surface area (Å²) in [5.41, 5.74) is 8.05. The number of hydrogen-bond donors (Lipinski definition) is 2. The molecule has 3 N–H and O–H groups in total. The average Bonchev–Trinajstić information content (AvgIpc) is 2.44. The van der Waals surface area contributed by atoms with E-state index >= 15 is 0 Å². The zero-order chi connectivity index (χ0) is 14.5. The Bertz CT molecular complexity index is 603. The number of nitrogens with two attached hydrogens (primary N) is 1. The van der Waals surface area contributed by atoms with E-state index in [1.807, 2.05) is 19.9 Å². The predicted molar refractivity (Wildman–Crippen MR) is 81.6 cm³/mol. The number of nitrogens with zero attached hydrogens (tertiary/aromatic N) is 2. The summed E-state index contributed by atoms with van der Waals surface area (Å²) < 4.78 is 0. The lowest BCUT2D eigenvalue weighted by atomic mass is 10.2. The number of anilines is 2. The van der Waals surface area contributed by atoms with Gasteiger partial charge in [0.05, 0.1) is 5.25 Å². The van der Waals surface area contributed by atoms with E-state index in [1.165, 1.54) is 11.8 Å². The highest BCUT2D eigenvalue weighted by molar-refractivity contribution is 8.00. The molecule has 0 saturated carbocycles. The molecular formula is C14H16N4OS. The van der Waals surface area contributed by atoms with Gasteiger partial charge >= 0.3 is 0 Å². The van der Waals surface area contributed by atoms with Crippen molar-refractivity contribution in [2.45, 2.75) is 24.3 Å². The van der Waals surface area contributed by atoms with Crippen molar-refractivity contribution in [1.29, 1.82) is 0 Å². The van der Waals surface area contributed by atoms with Crippen LogP contribution in [-0.2, 0) is 4.79 Å². The second-order valence-electron chi connectivity index (χ2n) is 4.36. The Kier molecular flexibility index (Phi) is 4.57. The first-order valence-electron chi connectivity index (χ1n) is 6.17. The number of rotatable bonds is 4. The quantitative estimate of drug-likeness (QED) is 0.513. The Balaban J connectivity index is 2.02. The number of hydrogen-bond acceptors (Lipinski definition) is 5. The van der Waals surface area contributed by atoms with Crippen LogP contribution in [0.4, 0.5) is 11.4 Å². The third-order valence-corrected chi connectivity index (χ3v) is 3.70. The molecule has 20 heavy (non-hydrogen) atoms. The highest BCUT2D eigenvalue weighted by Crippen LogP contribution is 2.22. The lowest BCUT2D eigenvalue weighted by Crippen LogP contribution is -2.23. The highest BCUT2D eigenvalue weighted by Gasteiger charge is 2.16. The standard InChI is InChI=1S/C14H16N4OS/c1-9-4-5-11(15)8-12(9)18-13(19)10(2)20-14-16-6-3-7-17-14/h3-8,10H,15H2,1-2H3,(H,18,19). The minimum atomic E-state index is -0.293. The number of aromatic nitrogens is 2. The van der Waals surface area contributed by atoms with Crippen molar-refractivity contribution in [2.75, 3.05) is 11.1 Å². The summed E-state index contributed by atoms with van der Waals surface area (Å²) >= 11 is 1.32. The summed E-state index contributed by atoms with van der Waals surface area (Å²) in [6.45, 7) is 3.74. The maximum Gasteiger partial charge on any atom is 0.237 e. The second-order valence-corrected chi connectivity index (χ2v) is 5.66. The minimum absolute atomic E-state index is 0.101. The first-order valence-corrected chi connectivity index (χ1v) is 7.05. The Morgan fingerprint density at radius 3 is 2.75 bits per heavy atom. The maximum absolute atomic E-state index is 12.2. The molecule has 0 saturated heterocycles. The molecule has 0 spiro atoms. The molecule has 0 bridgehead atoms. The number of aryl methyl sites for hydroxylation is 1. The number of thioether (sulfide) groups is 1. The number of carbonyl (C=O) groups is 1. The molecule has 1 aromatic carbocycles. The van der Waals surface area contributed by atoms with Crippen LogP contribution in [0.5, 0.6) is 0 Å². The minimum Gasteiger partial charge on any atom is -0.399 e. The smallest absolute Gasteiger partial charge is 0.237 e. The van der Waals surface area contributed by atoms with Crippen molar-refractivity contribution in [3.63, 3.8) is 0 Å². The van der Waals surface area contributed by atoms with E-state index in [-0.39, 0.29) is 11.2 Å². The van der Waals surface area contributed by atoms with Crippen LogP contribution in [0.1, 0.15) is 12.5 Å². The van der Waals surface area contributed by atoms with E-state index in [2.05, 4.69) is 15.3 Å². The van der Waals surface area contributed by atoms with E-state index in [9.17, 15) is 4.79 Å². The molecule has 5 nitrogen and oxygen atoms in total. The maximum atomic E-state index is 12.2. The van der Waals surface area contributed by atoms with E-state index in [1.54, 1.807) is 30.6 Å². The largest absolute Gasteiger partial charge is 0.399 e. The van der Waals surface area contributed by atoms with Gasteiger partial charge in [0.25, 0.3) is 0 Å². The van der Waals surface area contributed by atoms with Crippen LogP contribution in [0.3, 0.4) is 0 Å². The van der Waals surface area contributed by atoms with Gasteiger partial charge in [-0.2, -0.15) is 0 Å². The number of carbonyl (C=O) groups excluding carboxylic acids is 1. The number of benzene rings is 1. The summed E-state index contributed by atoms with van der Waals surface area (Å²) in [6, 6.07) is 7.18. The van der Waals surface area contributed by atoms with E-state index in [0.717, 1.165) is 11.3 Å². The van der Waals surface area contributed by atoms with Crippen LogP contribution in [0.15, 0.2) is 41.8 Å². The molecule has 0 aliphatic carbocycles. The molecule has 104 valence electrons.